The van der Waals surface area contributed by atoms with Crippen molar-refractivity contribution < 1.29 is 15.0 Å². The van der Waals surface area contributed by atoms with E-state index in [1.165, 1.54) is 18.2 Å². The van der Waals surface area contributed by atoms with Crippen LogP contribution in [-0.2, 0) is 6.42 Å². The Balaban J connectivity index is 1.57. The number of phenolic OH excluding ortho intramolecular Hbond substituents is 2. The van der Waals surface area contributed by atoms with Crippen LogP contribution in [-0.4, -0.2) is 32.1 Å². The second-order valence-corrected chi connectivity index (χ2v) is 8.38. The number of hydrogen-bond acceptors (Lipinski definition) is 6. The molecule has 0 saturated carbocycles. The quantitative estimate of drug-likeness (QED) is 0.491. The van der Waals surface area contributed by atoms with E-state index in [9.17, 15) is 15.0 Å². The number of thiophene rings is 1. The summed E-state index contributed by atoms with van der Waals surface area (Å²) in [7, 11) is 0. The lowest BCUT2D eigenvalue weighted by atomic mass is 9.93. The number of aromatic nitrogens is 2. The van der Waals surface area contributed by atoms with Crippen molar-refractivity contribution in [3.8, 4) is 22.8 Å². The molecule has 1 aliphatic rings. The highest BCUT2D eigenvalue weighted by atomic mass is 32.1. The van der Waals surface area contributed by atoms with Crippen molar-refractivity contribution in [1.29, 1.82) is 0 Å². The number of nitrogens with zero attached hydrogens (tertiary/aromatic N) is 3. The van der Waals surface area contributed by atoms with E-state index in [1.54, 1.807) is 22.6 Å². The third-order valence-corrected chi connectivity index (χ3v) is 6.47. The summed E-state index contributed by atoms with van der Waals surface area (Å²) in [5, 5.41) is 21.7. The number of carbonyl (C=O) groups excluding carboxylic acids is 1. The molecule has 0 bridgehead atoms. The Kier molecular flexibility index (Phi) is 4.40. The third-order valence-electron chi connectivity index (χ3n) is 5.56. The predicted octanol–water partition coefficient (Wildman–Crippen LogP) is 4.75. The number of rotatable bonds is 2. The molecule has 0 fully saturated rings. The first-order chi connectivity index (χ1) is 14.5. The number of benzene rings is 2. The van der Waals surface area contributed by atoms with Gasteiger partial charge in [0.05, 0.1) is 21.5 Å². The number of phenols is 2. The highest BCUT2D eigenvalue weighted by Gasteiger charge is 2.30. The molecule has 5 rings (SSSR count). The Morgan fingerprint density at radius 3 is 2.83 bits per heavy atom. The van der Waals surface area contributed by atoms with E-state index in [4.69, 9.17) is 0 Å². The Labute approximate surface area is 177 Å². The maximum absolute atomic E-state index is 13.3. The summed E-state index contributed by atoms with van der Waals surface area (Å²) >= 11 is 1.61. The van der Waals surface area contributed by atoms with Crippen molar-refractivity contribution in [2.24, 2.45) is 0 Å². The van der Waals surface area contributed by atoms with Crippen molar-refractivity contribution >= 4 is 33.1 Å². The zero-order chi connectivity index (χ0) is 20.8. The van der Waals surface area contributed by atoms with Gasteiger partial charge in [0, 0.05) is 23.4 Å². The molecule has 0 saturated heterocycles. The average Bonchev–Trinajstić information content (AvgIpc) is 3.22. The van der Waals surface area contributed by atoms with Gasteiger partial charge in [0.1, 0.15) is 17.8 Å². The molecule has 30 heavy (non-hydrogen) atoms. The maximum Gasteiger partial charge on any atom is 0.262 e. The normalized spacial score (nSPS) is 15.9. The van der Waals surface area contributed by atoms with Crippen LogP contribution in [0.25, 0.3) is 21.5 Å². The molecule has 3 heterocycles. The van der Waals surface area contributed by atoms with Crippen molar-refractivity contribution in [3.63, 3.8) is 0 Å². The van der Waals surface area contributed by atoms with Gasteiger partial charge in [0.25, 0.3) is 5.91 Å². The zero-order valence-corrected chi connectivity index (χ0v) is 17.1. The number of hydrogen-bond donors (Lipinski definition) is 2. The van der Waals surface area contributed by atoms with Crippen LogP contribution in [0.15, 0.2) is 54.2 Å². The molecule has 1 aliphatic heterocycles. The molecule has 2 aromatic carbocycles. The standard InChI is InChI=1S/C23H19N3O3S/c1-13-2-3-14-10-15(21-22-18(8-9-30-22)24-12-25-21)4-7-19(14)26(13)23(29)17-6-5-16(27)11-20(17)28/h4-13,27-28H,2-3H2,1H3. The van der Waals surface area contributed by atoms with Gasteiger partial charge >= 0.3 is 0 Å². The van der Waals surface area contributed by atoms with Crippen LogP contribution < -0.4 is 4.90 Å². The Morgan fingerprint density at radius 1 is 1.13 bits per heavy atom. The van der Waals surface area contributed by atoms with Gasteiger partial charge in [0.15, 0.2) is 0 Å². The molecular weight excluding hydrogens is 398 g/mol. The molecule has 4 aromatic rings. The lowest BCUT2D eigenvalue weighted by molar-refractivity contribution is 0.0972. The van der Waals surface area contributed by atoms with Gasteiger partial charge in [-0.2, -0.15) is 0 Å². The van der Waals surface area contributed by atoms with Gasteiger partial charge in [-0.1, -0.05) is 6.07 Å². The summed E-state index contributed by atoms with van der Waals surface area (Å²) in [6.45, 7) is 2.01. The number of carbonyl (C=O) groups is 1. The third kappa shape index (κ3) is 2.98. The van der Waals surface area contributed by atoms with Gasteiger partial charge in [-0.25, -0.2) is 9.97 Å². The van der Waals surface area contributed by atoms with E-state index in [-0.39, 0.29) is 29.0 Å². The first-order valence-corrected chi connectivity index (χ1v) is 10.6. The summed E-state index contributed by atoms with van der Waals surface area (Å²) < 4.78 is 1.04. The van der Waals surface area contributed by atoms with E-state index in [0.717, 1.165) is 45.6 Å². The lowest BCUT2D eigenvalue weighted by Gasteiger charge is -2.35. The first kappa shape index (κ1) is 18.6. The average molecular weight is 417 g/mol. The number of amides is 1. The fraction of sp³-hybridized carbons (Fsp3) is 0.174. The zero-order valence-electron chi connectivity index (χ0n) is 16.2. The van der Waals surface area contributed by atoms with Crippen LogP contribution >= 0.6 is 11.3 Å². The minimum Gasteiger partial charge on any atom is -0.508 e. The highest BCUT2D eigenvalue weighted by Crippen LogP contribution is 2.38. The Hall–Kier alpha value is -3.45. The number of aromatic hydroxyl groups is 2. The molecule has 2 N–H and O–H groups in total. The summed E-state index contributed by atoms with van der Waals surface area (Å²) in [5.41, 5.74) is 4.90. The van der Waals surface area contributed by atoms with Gasteiger partial charge in [-0.3, -0.25) is 4.79 Å². The largest absolute Gasteiger partial charge is 0.508 e. The highest BCUT2D eigenvalue weighted by molar-refractivity contribution is 7.17. The summed E-state index contributed by atoms with van der Waals surface area (Å²) in [5.74, 6) is -0.584. The second kappa shape index (κ2) is 7.11. The fourth-order valence-corrected chi connectivity index (χ4v) is 4.89. The van der Waals surface area contributed by atoms with Crippen molar-refractivity contribution in [3.05, 3.63) is 65.3 Å². The van der Waals surface area contributed by atoms with Crippen LogP contribution in [0.2, 0.25) is 0 Å². The van der Waals surface area contributed by atoms with Crippen molar-refractivity contribution in [2.45, 2.75) is 25.8 Å². The summed E-state index contributed by atoms with van der Waals surface area (Å²) in [4.78, 5) is 23.8. The van der Waals surface area contributed by atoms with Crippen molar-refractivity contribution in [2.75, 3.05) is 4.90 Å². The van der Waals surface area contributed by atoms with Crippen LogP contribution in [0, 0.1) is 0 Å². The van der Waals surface area contributed by atoms with Gasteiger partial charge in [0.2, 0.25) is 0 Å². The van der Waals surface area contributed by atoms with Gasteiger partial charge in [-0.05, 0) is 61.0 Å². The monoisotopic (exact) mass is 417 g/mol. The molecule has 1 unspecified atom stereocenters. The number of aryl methyl sites for hydroxylation is 1. The molecule has 7 heteroatoms. The summed E-state index contributed by atoms with van der Waals surface area (Å²) in [6, 6.07) is 12.1. The molecule has 1 atom stereocenters. The number of anilines is 1. The SMILES string of the molecule is CC1CCc2cc(-c3ncnc4ccsc34)ccc2N1C(=O)c1ccc(O)cc1O. The van der Waals surface area contributed by atoms with E-state index in [2.05, 4.69) is 16.0 Å². The van der Waals surface area contributed by atoms with Crippen LogP contribution in [0.5, 0.6) is 11.5 Å². The number of fused-ring (bicyclic) bond motifs is 2. The van der Waals surface area contributed by atoms with Crippen molar-refractivity contribution in [1.82, 2.24) is 9.97 Å². The Bertz CT molecular complexity index is 1280. The molecule has 150 valence electrons. The van der Waals surface area contributed by atoms with Crippen LogP contribution in [0.4, 0.5) is 5.69 Å². The topological polar surface area (TPSA) is 86.6 Å². The fourth-order valence-electron chi connectivity index (χ4n) is 4.03. The molecule has 6 nitrogen and oxygen atoms in total. The molecule has 2 aromatic heterocycles. The van der Waals surface area contributed by atoms with E-state index in [1.807, 2.05) is 30.5 Å². The van der Waals surface area contributed by atoms with Crippen LogP contribution in [0.3, 0.4) is 0 Å². The molecule has 0 spiro atoms. The Morgan fingerprint density at radius 2 is 2.00 bits per heavy atom. The molecule has 0 radical (unpaired) electrons. The van der Waals surface area contributed by atoms with E-state index < -0.39 is 0 Å². The molecular formula is C23H19N3O3S. The van der Waals surface area contributed by atoms with E-state index in [0.29, 0.717) is 0 Å². The van der Waals surface area contributed by atoms with Crippen LogP contribution in [0.1, 0.15) is 29.3 Å². The minimum absolute atomic E-state index is 0.00731. The van der Waals surface area contributed by atoms with Gasteiger partial charge in [-0.15, -0.1) is 11.3 Å². The smallest absolute Gasteiger partial charge is 0.262 e. The van der Waals surface area contributed by atoms with E-state index >= 15 is 0 Å². The molecule has 1 amide bonds. The minimum atomic E-state index is -0.281. The summed E-state index contributed by atoms with van der Waals surface area (Å²) in [6.07, 6.45) is 3.25. The predicted molar refractivity (Wildman–Crippen MR) is 117 cm³/mol. The van der Waals surface area contributed by atoms with Gasteiger partial charge < -0.3 is 15.1 Å². The second-order valence-electron chi connectivity index (χ2n) is 7.47. The lowest BCUT2D eigenvalue weighted by Crippen LogP contribution is -2.42. The molecule has 0 aliphatic carbocycles. The maximum atomic E-state index is 13.3. The first-order valence-electron chi connectivity index (χ1n) is 9.70.